The number of nitrogens with two attached hydrogens (primary N) is 1. The number of halogens is 2. The zero-order valence-electron chi connectivity index (χ0n) is 8.41. The number of benzene rings is 1. The van der Waals surface area contributed by atoms with Gasteiger partial charge in [-0.3, -0.25) is 4.79 Å². The second kappa shape index (κ2) is 4.46. The normalized spacial score (nSPS) is 10.2. The van der Waals surface area contributed by atoms with Crippen LogP contribution in [0.1, 0.15) is 10.5 Å². The summed E-state index contributed by atoms with van der Waals surface area (Å²) >= 11 is 1.22. The van der Waals surface area contributed by atoms with E-state index in [1.54, 1.807) is 0 Å². The van der Waals surface area contributed by atoms with E-state index in [2.05, 4.69) is 10.3 Å². The summed E-state index contributed by atoms with van der Waals surface area (Å²) in [6.07, 6.45) is 0. The Hall–Kier alpha value is -2.02. The van der Waals surface area contributed by atoms with Crippen molar-refractivity contribution >= 4 is 28.6 Å². The van der Waals surface area contributed by atoms with Gasteiger partial charge in [0.25, 0.3) is 5.91 Å². The average molecular weight is 255 g/mol. The van der Waals surface area contributed by atoms with E-state index in [0.29, 0.717) is 0 Å². The van der Waals surface area contributed by atoms with E-state index in [-0.39, 0.29) is 17.1 Å². The van der Waals surface area contributed by atoms with Crippen LogP contribution < -0.4 is 11.1 Å². The Kier molecular flexibility index (Phi) is 3.01. The van der Waals surface area contributed by atoms with Crippen LogP contribution in [0.25, 0.3) is 0 Å². The largest absolute Gasteiger partial charge is 0.397 e. The fraction of sp³-hybridized carbons (Fsp3) is 0. The third kappa shape index (κ3) is 2.23. The highest BCUT2D eigenvalue weighted by molar-refractivity contribution is 7.07. The third-order valence-electron chi connectivity index (χ3n) is 2.03. The molecule has 0 atom stereocenters. The fourth-order valence-corrected chi connectivity index (χ4v) is 1.73. The minimum atomic E-state index is -1.19. The molecule has 0 aliphatic rings. The Morgan fingerprint density at radius 1 is 1.41 bits per heavy atom. The van der Waals surface area contributed by atoms with Gasteiger partial charge in [0, 0.05) is 5.38 Å². The molecule has 0 radical (unpaired) electrons. The molecular formula is C10H7F2N3OS. The standard InChI is InChI=1S/C10H7F2N3OS/c11-5-1-2-6(13)9(8(5)12)15-10(16)7-3-17-4-14-7/h1-4H,13H2,(H,15,16). The zero-order valence-corrected chi connectivity index (χ0v) is 9.22. The smallest absolute Gasteiger partial charge is 0.275 e. The van der Waals surface area contributed by atoms with Crippen molar-refractivity contribution in [2.45, 2.75) is 0 Å². The predicted molar refractivity (Wildman–Crippen MR) is 60.8 cm³/mol. The number of hydrogen-bond donors (Lipinski definition) is 2. The average Bonchev–Trinajstić information content (AvgIpc) is 2.83. The molecule has 0 aliphatic heterocycles. The molecule has 0 aliphatic carbocycles. The summed E-state index contributed by atoms with van der Waals surface area (Å²) in [7, 11) is 0. The van der Waals surface area contributed by atoms with Gasteiger partial charge in [-0.15, -0.1) is 11.3 Å². The topological polar surface area (TPSA) is 68.0 Å². The first-order valence-corrected chi connectivity index (χ1v) is 5.47. The Bertz CT molecular complexity index is 557. The molecule has 1 aromatic carbocycles. The fourth-order valence-electron chi connectivity index (χ4n) is 1.19. The molecule has 1 heterocycles. The van der Waals surface area contributed by atoms with Crippen LogP contribution in [0.3, 0.4) is 0 Å². The minimum Gasteiger partial charge on any atom is -0.397 e. The molecule has 1 amide bonds. The maximum atomic E-state index is 13.4. The van der Waals surface area contributed by atoms with E-state index in [1.165, 1.54) is 28.3 Å². The number of aromatic nitrogens is 1. The Balaban J connectivity index is 2.31. The van der Waals surface area contributed by atoms with Crippen molar-refractivity contribution in [1.82, 2.24) is 4.98 Å². The molecule has 2 rings (SSSR count). The molecule has 7 heteroatoms. The van der Waals surface area contributed by atoms with Gasteiger partial charge in [-0.05, 0) is 12.1 Å². The number of amides is 1. The summed E-state index contributed by atoms with van der Waals surface area (Å²) in [6.45, 7) is 0. The van der Waals surface area contributed by atoms with Crippen LogP contribution in [0.2, 0.25) is 0 Å². The second-order valence-corrected chi connectivity index (χ2v) is 3.87. The number of carbonyl (C=O) groups is 1. The highest BCUT2D eigenvalue weighted by atomic mass is 32.1. The highest BCUT2D eigenvalue weighted by Crippen LogP contribution is 2.25. The Morgan fingerprint density at radius 3 is 2.82 bits per heavy atom. The van der Waals surface area contributed by atoms with E-state index < -0.39 is 17.5 Å². The quantitative estimate of drug-likeness (QED) is 0.809. The zero-order chi connectivity index (χ0) is 12.4. The summed E-state index contributed by atoms with van der Waals surface area (Å²) < 4.78 is 26.3. The Morgan fingerprint density at radius 2 is 2.18 bits per heavy atom. The molecule has 0 bridgehead atoms. The van der Waals surface area contributed by atoms with E-state index in [4.69, 9.17) is 5.73 Å². The molecule has 0 saturated carbocycles. The first kappa shape index (κ1) is 11.5. The van der Waals surface area contributed by atoms with Crippen molar-refractivity contribution in [1.29, 1.82) is 0 Å². The van der Waals surface area contributed by atoms with Gasteiger partial charge >= 0.3 is 0 Å². The lowest BCUT2D eigenvalue weighted by Gasteiger charge is -2.08. The number of nitrogen functional groups attached to an aromatic ring is 1. The summed E-state index contributed by atoms with van der Waals surface area (Å²) in [4.78, 5) is 15.3. The molecule has 0 saturated heterocycles. The molecular weight excluding hydrogens is 248 g/mol. The first-order chi connectivity index (χ1) is 8.09. The van der Waals surface area contributed by atoms with Crippen molar-refractivity contribution in [2.24, 2.45) is 0 Å². The van der Waals surface area contributed by atoms with Gasteiger partial charge in [-0.1, -0.05) is 0 Å². The van der Waals surface area contributed by atoms with Crippen LogP contribution in [-0.4, -0.2) is 10.9 Å². The maximum Gasteiger partial charge on any atom is 0.275 e. The molecule has 2 aromatic rings. The molecule has 0 spiro atoms. The first-order valence-electron chi connectivity index (χ1n) is 4.52. The van der Waals surface area contributed by atoms with Crippen molar-refractivity contribution < 1.29 is 13.6 Å². The number of anilines is 2. The van der Waals surface area contributed by atoms with E-state index >= 15 is 0 Å². The lowest BCUT2D eigenvalue weighted by Crippen LogP contribution is -2.15. The van der Waals surface area contributed by atoms with Crippen LogP contribution in [0.5, 0.6) is 0 Å². The maximum absolute atomic E-state index is 13.4. The van der Waals surface area contributed by atoms with Gasteiger partial charge in [0.1, 0.15) is 11.4 Å². The monoisotopic (exact) mass is 255 g/mol. The van der Waals surface area contributed by atoms with Gasteiger partial charge in [0.15, 0.2) is 11.6 Å². The molecule has 88 valence electrons. The van der Waals surface area contributed by atoms with Crippen molar-refractivity contribution in [3.8, 4) is 0 Å². The molecule has 17 heavy (non-hydrogen) atoms. The number of nitrogens with zero attached hydrogens (tertiary/aromatic N) is 1. The number of thiazole rings is 1. The van der Waals surface area contributed by atoms with Gasteiger partial charge in [-0.2, -0.15) is 0 Å². The van der Waals surface area contributed by atoms with Crippen LogP contribution >= 0.6 is 11.3 Å². The molecule has 4 nitrogen and oxygen atoms in total. The number of carbonyl (C=O) groups excluding carboxylic acids is 1. The SMILES string of the molecule is Nc1ccc(F)c(F)c1NC(=O)c1cscn1. The summed E-state index contributed by atoms with van der Waals surface area (Å²) in [5.41, 5.74) is 6.61. The number of nitrogens with one attached hydrogen (secondary N) is 1. The summed E-state index contributed by atoms with van der Waals surface area (Å²) in [5.74, 6) is -2.90. The van der Waals surface area contributed by atoms with E-state index in [9.17, 15) is 13.6 Å². The minimum absolute atomic E-state index is 0.0486. The van der Waals surface area contributed by atoms with Gasteiger partial charge in [0.2, 0.25) is 0 Å². The summed E-state index contributed by atoms with van der Waals surface area (Å²) in [5, 5.41) is 3.68. The summed E-state index contributed by atoms with van der Waals surface area (Å²) in [6, 6.07) is 2.07. The van der Waals surface area contributed by atoms with Gasteiger partial charge in [0.05, 0.1) is 11.2 Å². The van der Waals surface area contributed by atoms with Crippen LogP contribution in [0.15, 0.2) is 23.0 Å². The predicted octanol–water partition coefficient (Wildman–Crippen LogP) is 2.26. The van der Waals surface area contributed by atoms with Crippen molar-refractivity contribution in [3.63, 3.8) is 0 Å². The van der Waals surface area contributed by atoms with Crippen LogP contribution in [-0.2, 0) is 0 Å². The molecule has 3 N–H and O–H groups in total. The molecule has 1 aromatic heterocycles. The highest BCUT2D eigenvalue weighted by Gasteiger charge is 2.16. The number of rotatable bonds is 2. The lowest BCUT2D eigenvalue weighted by molar-refractivity contribution is 0.102. The van der Waals surface area contributed by atoms with E-state index in [0.717, 1.165) is 6.07 Å². The van der Waals surface area contributed by atoms with Gasteiger partial charge < -0.3 is 11.1 Å². The Labute approximate surface area is 99.1 Å². The van der Waals surface area contributed by atoms with Crippen LogP contribution in [0, 0.1) is 11.6 Å². The van der Waals surface area contributed by atoms with Gasteiger partial charge in [-0.25, -0.2) is 13.8 Å². The van der Waals surface area contributed by atoms with Crippen LogP contribution in [0.4, 0.5) is 20.2 Å². The molecule has 0 unspecified atom stereocenters. The lowest BCUT2D eigenvalue weighted by atomic mass is 10.2. The molecule has 0 fully saturated rings. The van der Waals surface area contributed by atoms with Crippen molar-refractivity contribution in [3.05, 3.63) is 40.4 Å². The van der Waals surface area contributed by atoms with E-state index in [1.807, 2.05) is 0 Å². The second-order valence-electron chi connectivity index (χ2n) is 3.15. The third-order valence-corrected chi connectivity index (χ3v) is 2.62. The van der Waals surface area contributed by atoms with Crippen molar-refractivity contribution in [2.75, 3.05) is 11.1 Å². The number of hydrogen-bond acceptors (Lipinski definition) is 4.